The molecule has 0 amide bonds. The van der Waals surface area contributed by atoms with Crippen LogP contribution in [0, 0.1) is 0 Å². The smallest absolute Gasteiger partial charge is 0.277 e. The lowest BCUT2D eigenvalue weighted by atomic mass is 10.3. The van der Waals surface area contributed by atoms with E-state index in [9.17, 15) is 4.79 Å². The Morgan fingerprint density at radius 2 is 1.80 bits per heavy atom. The molecule has 3 heterocycles. The molecule has 3 rings (SSSR count). The number of pyridine rings is 2. The fourth-order valence-corrected chi connectivity index (χ4v) is 1.95. The van der Waals surface area contributed by atoms with Gasteiger partial charge in [-0.25, -0.2) is 9.48 Å². The number of rotatable bonds is 3. The van der Waals surface area contributed by atoms with Gasteiger partial charge in [0, 0.05) is 19.4 Å². The van der Waals surface area contributed by atoms with Gasteiger partial charge in [-0.05, 0) is 24.3 Å². The average molecular weight is 267 g/mol. The van der Waals surface area contributed by atoms with Crippen LogP contribution in [0.5, 0.6) is 0 Å². The van der Waals surface area contributed by atoms with E-state index in [1.165, 1.54) is 9.25 Å². The minimum Gasteiger partial charge on any atom is -0.277 e. The van der Waals surface area contributed by atoms with Gasteiger partial charge in [-0.15, -0.1) is 5.10 Å². The monoisotopic (exact) mass is 267 g/mol. The van der Waals surface area contributed by atoms with Gasteiger partial charge in [0.15, 0.2) is 5.82 Å². The molecule has 0 N–H and O–H groups in total. The largest absolute Gasteiger partial charge is 0.346 e. The van der Waals surface area contributed by atoms with E-state index < -0.39 is 0 Å². The third-order valence-corrected chi connectivity index (χ3v) is 2.97. The third-order valence-electron chi connectivity index (χ3n) is 2.97. The van der Waals surface area contributed by atoms with Crippen LogP contribution in [-0.2, 0) is 13.6 Å². The number of hydrogen-bond acceptors (Lipinski definition) is 4. The molecule has 3 aromatic heterocycles. The van der Waals surface area contributed by atoms with Gasteiger partial charge in [0.1, 0.15) is 5.69 Å². The van der Waals surface area contributed by atoms with E-state index in [0.717, 1.165) is 5.69 Å². The number of nitrogens with zero attached hydrogens (tertiary/aromatic N) is 5. The Morgan fingerprint density at radius 1 is 1.05 bits per heavy atom. The van der Waals surface area contributed by atoms with Gasteiger partial charge in [0.2, 0.25) is 0 Å². The van der Waals surface area contributed by atoms with Gasteiger partial charge in [0.25, 0.3) is 0 Å². The minimum absolute atomic E-state index is 0.184. The first-order chi connectivity index (χ1) is 9.75. The van der Waals surface area contributed by atoms with Crippen molar-refractivity contribution in [1.82, 2.24) is 24.3 Å². The second-order valence-electron chi connectivity index (χ2n) is 4.36. The Labute approximate surface area is 115 Å². The van der Waals surface area contributed by atoms with Crippen molar-refractivity contribution in [2.45, 2.75) is 6.54 Å². The molecule has 0 aliphatic rings. The van der Waals surface area contributed by atoms with Crippen molar-refractivity contribution >= 4 is 0 Å². The van der Waals surface area contributed by atoms with Crippen molar-refractivity contribution in [1.29, 1.82) is 0 Å². The fraction of sp³-hybridized carbons (Fsp3) is 0.143. The number of hydrogen-bond donors (Lipinski definition) is 0. The van der Waals surface area contributed by atoms with Gasteiger partial charge in [-0.3, -0.25) is 14.5 Å². The molecular formula is C14H13N5O. The van der Waals surface area contributed by atoms with Crippen LogP contribution in [-0.4, -0.2) is 24.3 Å². The summed E-state index contributed by atoms with van der Waals surface area (Å²) in [5.74, 6) is 0.548. The molecule has 0 bridgehead atoms. The van der Waals surface area contributed by atoms with Crippen LogP contribution in [0.2, 0.25) is 0 Å². The van der Waals surface area contributed by atoms with Crippen LogP contribution in [0.15, 0.2) is 53.6 Å². The highest BCUT2D eigenvalue weighted by molar-refractivity contribution is 5.48. The quantitative estimate of drug-likeness (QED) is 0.712. The molecule has 0 saturated carbocycles. The molecule has 0 aromatic carbocycles. The summed E-state index contributed by atoms with van der Waals surface area (Å²) >= 11 is 0. The Hall–Kier alpha value is -2.76. The van der Waals surface area contributed by atoms with Gasteiger partial charge in [-0.2, -0.15) is 0 Å². The molecule has 0 atom stereocenters. The van der Waals surface area contributed by atoms with Gasteiger partial charge < -0.3 is 0 Å². The van der Waals surface area contributed by atoms with Crippen LogP contribution in [0.3, 0.4) is 0 Å². The summed E-state index contributed by atoms with van der Waals surface area (Å²) in [6.45, 7) is 0.348. The first kappa shape index (κ1) is 12.3. The van der Waals surface area contributed by atoms with Crippen LogP contribution in [0.1, 0.15) is 5.69 Å². The first-order valence-corrected chi connectivity index (χ1v) is 6.21. The van der Waals surface area contributed by atoms with Gasteiger partial charge >= 0.3 is 5.69 Å². The second-order valence-corrected chi connectivity index (χ2v) is 4.36. The van der Waals surface area contributed by atoms with E-state index in [2.05, 4.69) is 15.1 Å². The van der Waals surface area contributed by atoms with E-state index >= 15 is 0 Å². The summed E-state index contributed by atoms with van der Waals surface area (Å²) in [6, 6.07) is 11.1. The maximum Gasteiger partial charge on any atom is 0.346 e. The Balaban J connectivity index is 2.01. The Bertz CT molecular complexity index is 761. The topological polar surface area (TPSA) is 65.6 Å². The van der Waals surface area contributed by atoms with Crippen LogP contribution in [0.4, 0.5) is 0 Å². The Kier molecular flexibility index (Phi) is 3.12. The molecule has 3 aromatic rings. The van der Waals surface area contributed by atoms with Crippen molar-refractivity contribution in [3.05, 3.63) is 65.0 Å². The fourth-order valence-electron chi connectivity index (χ4n) is 1.95. The maximum absolute atomic E-state index is 12.2. The van der Waals surface area contributed by atoms with Crippen molar-refractivity contribution in [3.63, 3.8) is 0 Å². The van der Waals surface area contributed by atoms with Crippen LogP contribution < -0.4 is 5.69 Å². The minimum atomic E-state index is -0.184. The third kappa shape index (κ3) is 2.23. The molecule has 0 radical (unpaired) electrons. The zero-order valence-corrected chi connectivity index (χ0v) is 11.0. The summed E-state index contributed by atoms with van der Waals surface area (Å²) in [7, 11) is 1.69. The van der Waals surface area contributed by atoms with E-state index in [1.807, 2.05) is 36.4 Å². The molecule has 0 saturated heterocycles. The zero-order valence-electron chi connectivity index (χ0n) is 11.0. The normalized spacial score (nSPS) is 10.7. The van der Waals surface area contributed by atoms with Gasteiger partial charge in [-0.1, -0.05) is 12.1 Å². The predicted octanol–water partition coefficient (Wildman–Crippen LogP) is 1.09. The highest BCUT2D eigenvalue weighted by Gasteiger charge is 2.13. The van der Waals surface area contributed by atoms with Crippen molar-refractivity contribution in [3.8, 4) is 11.5 Å². The highest BCUT2D eigenvalue weighted by atomic mass is 16.2. The Morgan fingerprint density at radius 3 is 2.45 bits per heavy atom. The first-order valence-electron chi connectivity index (χ1n) is 6.21. The standard InChI is InChI=1S/C14H13N5O/c1-18-13(12-7-3-5-9-16-12)17-19(14(18)20)10-11-6-2-4-8-15-11/h2-9H,10H2,1H3. The molecule has 0 fully saturated rings. The second kappa shape index (κ2) is 5.08. The van der Waals surface area contributed by atoms with E-state index in [-0.39, 0.29) is 5.69 Å². The van der Waals surface area contributed by atoms with E-state index in [1.54, 1.807) is 19.4 Å². The van der Waals surface area contributed by atoms with Crippen molar-refractivity contribution in [2.75, 3.05) is 0 Å². The molecule has 0 unspecified atom stereocenters. The maximum atomic E-state index is 12.2. The lowest BCUT2D eigenvalue weighted by Gasteiger charge is -1.98. The lowest BCUT2D eigenvalue weighted by Crippen LogP contribution is -2.24. The van der Waals surface area contributed by atoms with E-state index in [4.69, 9.17) is 0 Å². The summed E-state index contributed by atoms with van der Waals surface area (Å²) in [5, 5.41) is 4.34. The summed E-state index contributed by atoms with van der Waals surface area (Å²) in [4.78, 5) is 20.6. The molecule has 6 heteroatoms. The van der Waals surface area contributed by atoms with Crippen LogP contribution >= 0.6 is 0 Å². The summed E-state index contributed by atoms with van der Waals surface area (Å²) in [6.07, 6.45) is 3.38. The lowest BCUT2D eigenvalue weighted by molar-refractivity contribution is 0.636. The van der Waals surface area contributed by atoms with Crippen molar-refractivity contribution < 1.29 is 0 Å². The summed E-state index contributed by atoms with van der Waals surface area (Å²) < 4.78 is 2.89. The summed E-state index contributed by atoms with van der Waals surface area (Å²) in [5.41, 5.74) is 1.28. The van der Waals surface area contributed by atoms with Crippen molar-refractivity contribution in [2.24, 2.45) is 7.05 Å². The van der Waals surface area contributed by atoms with Gasteiger partial charge in [0.05, 0.1) is 12.2 Å². The molecule has 100 valence electrons. The molecule has 0 spiro atoms. The zero-order chi connectivity index (χ0) is 13.9. The van der Waals surface area contributed by atoms with Crippen LogP contribution in [0.25, 0.3) is 11.5 Å². The molecule has 0 aliphatic carbocycles. The molecule has 20 heavy (non-hydrogen) atoms. The molecular weight excluding hydrogens is 254 g/mol. The molecule has 0 aliphatic heterocycles. The average Bonchev–Trinajstić information content (AvgIpc) is 2.78. The molecule has 6 nitrogen and oxygen atoms in total. The number of aromatic nitrogens is 5. The predicted molar refractivity (Wildman–Crippen MR) is 74.0 cm³/mol. The van der Waals surface area contributed by atoms with E-state index in [0.29, 0.717) is 18.1 Å². The highest BCUT2D eigenvalue weighted by Crippen LogP contribution is 2.10. The SMILES string of the molecule is Cn1c(-c2ccccn2)nn(Cc2ccccn2)c1=O.